The minimum atomic E-state index is -0.505. The molecule has 1 N–H and O–H groups in total. The van der Waals surface area contributed by atoms with E-state index in [0.717, 1.165) is 49.1 Å². The van der Waals surface area contributed by atoms with Crippen LogP contribution in [0.4, 0.5) is 5.69 Å². The van der Waals surface area contributed by atoms with E-state index < -0.39 is 18.3 Å². The van der Waals surface area contributed by atoms with Gasteiger partial charge >= 0.3 is 13.1 Å². The second-order valence-electron chi connectivity index (χ2n) is 12.4. The number of rotatable bonds is 6. The van der Waals surface area contributed by atoms with Crippen molar-refractivity contribution in [1.82, 2.24) is 14.7 Å². The zero-order chi connectivity index (χ0) is 28.1. The van der Waals surface area contributed by atoms with Crippen LogP contribution < -0.4 is 10.8 Å². The number of nitrogens with zero attached hydrogens (tertiary/aromatic N) is 3. The number of fused-ring (bicyclic) bond motifs is 1. The lowest BCUT2D eigenvalue weighted by Gasteiger charge is -2.32. The number of aromatic nitrogens is 2. The number of anilines is 1. The van der Waals surface area contributed by atoms with Crippen molar-refractivity contribution in [3.8, 4) is 0 Å². The summed E-state index contributed by atoms with van der Waals surface area (Å²) in [5.74, 6) is -0.465. The minimum Gasteiger partial charge on any atom is -0.463 e. The van der Waals surface area contributed by atoms with Crippen molar-refractivity contribution in [2.45, 2.75) is 97.6 Å². The lowest BCUT2D eigenvalue weighted by Crippen LogP contribution is -2.41. The van der Waals surface area contributed by atoms with E-state index in [9.17, 15) is 9.59 Å². The number of likely N-dealkylation sites (tertiary alicyclic amines) is 1. The van der Waals surface area contributed by atoms with E-state index in [4.69, 9.17) is 14.0 Å². The van der Waals surface area contributed by atoms with Crippen molar-refractivity contribution in [2.75, 3.05) is 18.4 Å². The quantitative estimate of drug-likeness (QED) is 0.443. The van der Waals surface area contributed by atoms with Gasteiger partial charge in [-0.05, 0) is 97.4 Å². The molecule has 1 amide bonds. The maximum atomic E-state index is 13.4. The lowest BCUT2D eigenvalue weighted by atomic mass is 9.76. The molecular formula is C29H41BN4O5. The van der Waals surface area contributed by atoms with E-state index >= 15 is 0 Å². The molecule has 1 aromatic carbocycles. The number of aryl methyl sites for hydroxylation is 1. The Labute approximate surface area is 231 Å². The number of amides is 1. The van der Waals surface area contributed by atoms with E-state index in [1.165, 1.54) is 0 Å². The molecule has 0 unspecified atom stereocenters. The molecule has 0 radical (unpaired) electrons. The van der Waals surface area contributed by atoms with Gasteiger partial charge in [0.05, 0.1) is 35.0 Å². The Balaban J connectivity index is 1.30. The fourth-order valence-corrected chi connectivity index (χ4v) is 5.73. The Kier molecular flexibility index (Phi) is 7.41. The fraction of sp³-hybridized carbons (Fsp3) is 0.621. The molecule has 3 aliphatic heterocycles. The largest absolute Gasteiger partial charge is 0.495 e. The molecular weight excluding hydrogens is 495 g/mol. The molecule has 0 spiro atoms. The average Bonchev–Trinajstić information content (AvgIpc) is 3.56. The molecule has 2 atom stereocenters. The molecule has 0 bridgehead atoms. The van der Waals surface area contributed by atoms with Gasteiger partial charge in [-0.1, -0.05) is 12.1 Å². The third kappa shape index (κ3) is 5.39. The fourth-order valence-electron chi connectivity index (χ4n) is 5.73. The zero-order valence-corrected chi connectivity index (χ0v) is 24.2. The summed E-state index contributed by atoms with van der Waals surface area (Å²) in [6.45, 7) is 16.1. The van der Waals surface area contributed by atoms with Crippen LogP contribution in [0.1, 0.15) is 88.6 Å². The van der Waals surface area contributed by atoms with E-state index in [1.54, 1.807) is 0 Å². The van der Waals surface area contributed by atoms with Gasteiger partial charge in [-0.3, -0.25) is 19.2 Å². The van der Waals surface area contributed by atoms with Gasteiger partial charge in [-0.15, -0.1) is 0 Å². The van der Waals surface area contributed by atoms with Crippen molar-refractivity contribution < 1.29 is 23.6 Å². The molecule has 10 heteroatoms. The summed E-state index contributed by atoms with van der Waals surface area (Å²) in [5.41, 5.74) is 3.05. The molecule has 2 saturated heterocycles. The van der Waals surface area contributed by atoms with Gasteiger partial charge in [0.2, 0.25) is 0 Å². The third-order valence-corrected chi connectivity index (χ3v) is 8.71. The number of hydrogen-bond donors (Lipinski definition) is 1. The highest BCUT2D eigenvalue weighted by atomic mass is 16.7. The van der Waals surface area contributed by atoms with E-state index in [-0.39, 0.29) is 29.9 Å². The number of hydrogen-bond acceptors (Lipinski definition) is 7. The van der Waals surface area contributed by atoms with Crippen LogP contribution in [-0.4, -0.2) is 64.1 Å². The summed E-state index contributed by atoms with van der Waals surface area (Å²) in [5, 5.41) is 7.73. The topological polar surface area (TPSA) is 94.9 Å². The number of nitrogens with one attached hydrogen (secondary N) is 1. The highest BCUT2D eigenvalue weighted by Crippen LogP contribution is 2.37. The van der Waals surface area contributed by atoms with Gasteiger partial charge in [0.25, 0.3) is 5.91 Å². The summed E-state index contributed by atoms with van der Waals surface area (Å²) in [7, 11) is -0.505. The van der Waals surface area contributed by atoms with Crippen molar-refractivity contribution in [3.05, 3.63) is 41.2 Å². The lowest BCUT2D eigenvalue weighted by molar-refractivity contribution is -0.151. The van der Waals surface area contributed by atoms with Crippen LogP contribution in [-0.2, 0) is 25.4 Å². The van der Waals surface area contributed by atoms with Crippen LogP contribution in [0.25, 0.3) is 0 Å². The first kappa shape index (κ1) is 27.9. The summed E-state index contributed by atoms with van der Waals surface area (Å²) < 4.78 is 19.9. The van der Waals surface area contributed by atoms with Gasteiger partial charge in [0, 0.05) is 18.8 Å². The normalized spacial score (nSPS) is 24.2. The zero-order valence-electron chi connectivity index (χ0n) is 24.2. The molecule has 210 valence electrons. The molecule has 0 aliphatic carbocycles. The molecule has 5 rings (SSSR count). The van der Waals surface area contributed by atoms with Crippen LogP contribution >= 0.6 is 0 Å². The molecule has 0 saturated carbocycles. The van der Waals surface area contributed by atoms with Gasteiger partial charge in [-0.2, -0.15) is 5.10 Å². The summed E-state index contributed by atoms with van der Waals surface area (Å²) >= 11 is 0. The van der Waals surface area contributed by atoms with Crippen molar-refractivity contribution in [3.63, 3.8) is 0 Å². The van der Waals surface area contributed by atoms with Crippen molar-refractivity contribution in [2.24, 2.45) is 5.92 Å². The molecule has 9 nitrogen and oxygen atoms in total. The number of carbonyl (C=O) groups is 2. The minimum absolute atomic E-state index is 0.104. The van der Waals surface area contributed by atoms with E-state index in [0.29, 0.717) is 17.9 Å². The first-order valence-electron chi connectivity index (χ1n) is 14.1. The Bertz CT molecular complexity index is 1240. The first-order valence-corrected chi connectivity index (χ1v) is 14.1. The monoisotopic (exact) mass is 536 g/mol. The molecule has 2 fully saturated rings. The van der Waals surface area contributed by atoms with Crippen LogP contribution in [0.3, 0.4) is 0 Å². The van der Waals surface area contributed by atoms with Crippen molar-refractivity contribution >= 4 is 30.1 Å². The summed E-state index contributed by atoms with van der Waals surface area (Å²) in [6.07, 6.45) is 2.65. The molecule has 39 heavy (non-hydrogen) atoms. The van der Waals surface area contributed by atoms with Crippen LogP contribution in [0.5, 0.6) is 0 Å². The number of esters is 1. The smallest absolute Gasteiger partial charge is 0.463 e. The number of benzene rings is 1. The SMILES string of the molecule is Cc1c(NC(=O)c2cc3n(n2)CCC[C@H]3N2CC[C@@H](C(=O)OC(C)C)C2)cccc1B1OC(C)(C)C(C)(C)O1. The molecule has 3 aliphatic rings. The highest BCUT2D eigenvalue weighted by Gasteiger charge is 2.52. The molecule has 2 aromatic rings. The maximum absolute atomic E-state index is 13.4. The van der Waals surface area contributed by atoms with E-state index in [1.807, 2.05) is 77.4 Å². The Morgan fingerprint density at radius 2 is 1.85 bits per heavy atom. The predicted octanol–water partition coefficient (Wildman–Crippen LogP) is 3.85. The van der Waals surface area contributed by atoms with Crippen LogP contribution in [0.2, 0.25) is 0 Å². The summed E-state index contributed by atoms with van der Waals surface area (Å²) in [6, 6.07) is 7.82. The van der Waals surface area contributed by atoms with E-state index in [2.05, 4.69) is 15.3 Å². The van der Waals surface area contributed by atoms with Crippen LogP contribution in [0, 0.1) is 12.8 Å². The van der Waals surface area contributed by atoms with Crippen molar-refractivity contribution in [1.29, 1.82) is 0 Å². The average molecular weight is 536 g/mol. The Morgan fingerprint density at radius 3 is 2.54 bits per heavy atom. The first-order chi connectivity index (χ1) is 18.4. The summed E-state index contributed by atoms with van der Waals surface area (Å²) in [4.78, 5) is 28.2. The Hall–Kier alpha value is -2.69. The van der Waals surface area contributed by atoms with Crippen LogP contribution in [0.15, 0.2) is 24.3 Å². The maximum Gasteiger partial charge on any atom is 0.495 e. The van der Waals surface area contributed by atoms with Gasteiger partial charge in [0.1, 0.15) is 0 Å². The molecule has 4 heterocycles. The second kappa shape index (κ2) is 10.4. The third-order valence-electron chi connectivity index (χ3n) is 8.71. The Morgan fingerprint density at radius 1 is 1.13 bits per heavy atom. The highest BCUT2D eigenvalue weighted by molar-refractivity contribution is 6.62. The van der Waals surface area contributed by atoms with Gasteiger partial charge in [-0.25, -0.2) is 0 Å². The number of carbonyl (C=O) groups excluding carboxylic acids is 2. The standard InChI is InChI=1S/C29H41BN4O5/c1-18(2)37-27(36)20-13-15-33(17-20)24-12-9-14-34-25(24)16-23(32-34)26(35)31-22-11-8-10-21(19(22)3)30-38-28(4,5)29(6,7)39-30/h8,10-11,16,18,20,24H,9,12-15,17H2,1-7H3,(H,31,35)/t20-,24-/m1/s1. The van der Waals surface area contributed by atoms with Gasteiger partial charge < -0.3 is 19.4 Å². The second-order valence-corrected chi connectivity index (χ2v) is 12.4. The predicted molar refractivity (Wildman–Crippen MR) is 150 cm³/mol. The van der Waals surface area contributed by atoms with Gasteiger partial charge in [0.15, 0.2) is 5.69 Å². The number of ether oxygens (including phenoxy) is 1. The molecule has 1 aromatic heterocycles.